The predicted octanol–water partition coefficient (Wildman–Crippen LogP) is -0.401. The van der Waals surface area contributed by atoms with Crippen LogP contribution in [-0.4, -0.2) is 23.0 Å². The highest BCUT2D eigenvalue weighted by atomic mass is 16.4. The number of hydrogen-bond acceptors (Lipinski definition) is 2. The highest BCUT2D eigenvalue weighted by Gasteiger charge is 2.15. The van der Waals surface area contributed by atoms with Crippen LogP contribution in [0, 0.1) is 12.3 Å². The molecule has 1 amide bonds. The molecule has 0 rings (SSSR count). The molecular weight excluding hydrogens is 146 g/mol. The van der Waals surface area contributed by atoms with Crippen molar-refractivity contribution < 1.29 is 14.7 Å². The minimum atomic E-state index is -1.11. The Morgan fingerprint density at radius 2 is 2.27 bits per heavy atom. The van der Waals surface area contributed by atoms with Gasteiger partial charge in [0, 0.05) is 13.3 Å². The van der Waals surface area contributed by atoms with E-state index in [4.69, 9.17) is 11.5 Å². The molecule has 11 heavy (non-hydrogen) atoms. The maximum Gasteiger partial charge on any atom is 0.327 e. The summed E-state index contributed by atoms with van der Waals surface area (Å²) in [5, 5.41) is 10.6. The molecule has 0 aliphatic carbocycles. The molecule has 0 radical (unpaired) electrons. The zero-order valence-corrected chi connectivity index (χ0v) is 6.13. The third kappa shape index (κ3) is 3.98. The van der Waals surface area contributed by atoms with Gasteiger partial charge in [-0.25, -0.2) is 4.79 Å². The molecule has 0 saturated carbocycles. The van der Waals surface area contributed by atoms with Crippen LogP contribution in [0.1, 0.15) is 13.3 Å². The standard InChI is InChI=1S/C7H9NO3/c1-3-4-6(7(10)11)8-5(2)9/h1,6H,4H2,2H3,(H,8,9)(H,10,11). The summed E-state index contributed by atoms with van der Waals surface area (Å²) in [4.78, 5) is 20.7. The van der Waals surface area contributed by atoms with Gasteiger partial charge in [0.05, 0.1) is 0 Å². The van der Waals surface area contributed by atoms with Gasteiger partial charge in [0.25, 0.3) is 0 Å². The zero-order valence-electron chi connectivity index (χ0n) is 6.13. The summed E-state index contributed by atoms with van der Waals surface area (Å²) < 4.78 is 0. The number of carbonyl (C=O) groups is 2. The van der Waals surface area contributed by atoms with Crippen molar-refractivity contribution in [2.75, 3.05) is 0 Å². The minimum absolute atomic E-state index is 0.00884. The molecule has 0 spiro atoms. The largest absolute Gasteiger partial charge is 0.480 e. The van der Waals surface area contributed by atoms with Crippen molar-refractivity contribution in [2.45, 2.75) is 19.4 Å². The lowest BCUT2D eigenvalue weighted by molar-refractivity contribution is -0.141. The smallest absolute Gasteiger partial charge is 0.327 e. The van der Waals surface area contributed by atoms with Gasteiger partial charge in [0.15, 0.2) is 0 Å². The van der Waals surface area contributed by atoms with E-state index >= 15 is 0 Å². The average Bonchev–Trinajstić information content (AvgIpc) is 1.86. The fraction of sp³-hybridized carbons (Fsp3) is 0.429. The maximum atomic E-state index is 10.4. The average molecular weight is 155 g/mol. The molecule has 60 valence electrons. The number of hydrogen-bond donors (Lipinski definition) is 2. The molecule has 0 aliphatic heterocycles. The molecule has 0 bridgehead atoms. The number of amides is 1. The molecule has 4 heteroatoms. The Balaban J connectivity index is 4.02. The molecule has 0 heterocycles. The van der Waals surface area contributed by atoms with Crippen LogP contribution in [0.25, 0.3) is 0 Å². The van der Waals surface area contributed by atoms with Crippen molar-refractivity contribution in [2.24, 2.45) is 0 Å². The highest BCUT2D eigenvalue weighted by molar-refractivity contribution is 5.82. The second-order valence-corrected chi connectivity index (χ2v) is 2.00. The number of carbonyl (C=O) groups excluding carboxylic acids is 1. The maximum absolute atomic E-state index is 10.4. The molecule has 4 nitrogen and oxygen atoms in total. The topological polar surface area (TPSA) is 66.4 Å². The van der Waals surface area contributed by atoms with E-state index in [0.717, 1.165) is 0 Å². The normalized spacial score (nSPS) is 11.3. The second-order valence-electron chi connectivity index (χ2n) is 2.00. The summed E-state index contributed by atoms with van der Waals surface area (Å²) in [6, 6.07) is -0.961. The Bertz CT molecular complexity index is 204. The van der Waals surface area contributed by atoms with Crippen molar-refractivity contribution in [3.8, 4) is 12.3 Å². The van der Waals surface area contributed by atoms with E-state index in [0.29, 0.717) is 0 Å². The number of nitrogens with one attached hydrogen (secondary N) is 1. The van der Waals surface area contributed by atoms with Crippen LogP contribution in [0.5, 0.6) is 0 Å². The Labute approximate surface area is 64.6 Å². The first kappa shape index (κ1) is 9.50. The Kier molecular flexibility index (Phi) is 3.75. The summed E-state index contributed by atoms with van der Waals surface area (Å²) in [5.41, 5.74) is 0. The fourth-order valence-electron chi connectivity index (χ4n) is 0.563. The lowest BCUT2D eigenvalue weighted by Gasteiger charge is -2.08. The predicted molar refractivity (Wildman–Crippen MR) is 38.7 cm³/mol. The minimum Gasteiger partial charge on any atom is -0.480 e. The third-order valence-corrected chi connectivity index (χ3v) is 0.998. The summed E-state index contributed by atoms with van der Waals surface area (Å²) >= 11 is 0. The lowest BCUT2D eigenvalue weighted by atomic mass is 10.2. The quantitative estimate of drug-likeness (QED) is 0.545. The van der Waals surface area contributed by atoms with Crippen LogP contribution in [0.15, 0.2) is 0 Å². The summed E-state index contributed by atoms with van der Waals surface area (Å²) in [5.74, 6) is 0.650. The molecule has 1 unspecified atom stereocenters. The van der Waals surface area contributed by atoms with Gasteiger partial charge < -0.3 is 10.4 Å². The van der Waals surface area contributed by atoms with Crippen LogP contribution < -0.4 is 5.32 Å². The van der Waals surface area contributed by atoms with Gasteiger partial charge in [-0.15, -0.1) is 12.3 Å². The van der Waals surface area contributed by atoms with Crippen molar-refractivity contribution in [1.29, 1.82) is 0 Å². The van der Waals surface area contributed by atoms with Crippen LogP contribution in [0.3, 0.4) is 0 Å². The third-order valence-electron chi connectivity index (χ3n) is 0.998. The number of rotatable bonds is 3. The van der Waals surface area contributed by atoms with E-state index in [1.54, 1.807) is 0 Å². The van der Waals surface area contributed by atoms with E-state index in [-0.39, 0.29) is 6.42 Å². The molecule has 0 aromatic heterocycles. The van der Waals surface area contributed by atoms with E-state index in [2.05, 4.69) is 11.2 Å². The number of carboxylic acid groups (broad SMARTS) is 1. The SMILES string of the molecule is C#CCC(NC(C)=O)C(=O)O. The van der Waals surface area contributed by atoms with Gasteiger partial charge in [-0.3, -0.25) is 4.79 Å². The fourth-order valence-corrected chi connectivity index (χ4v) is 0.563. The number of aliphatic carboxylic acids is 1. The molecule has 0 aliphatic rings. The van der Waals surface area contributed by atoms with Gasteiger partial charge >= 0.3 is 5.97 Å². The Morgan fingerprint density at radius 1 is 1.73 bits per heavy atom. The Hall–Kier alpha value is -1.50. The van der Waals surface area contributed by atoms with Crippen molar-refractivity contribution in [1.82, 2.24) is 5.32 Å². The first-order valence-corrected chi connectivity index (χ1v) is 3.01. The molecule has 0 saturated heterocycles. The van der Waals surface area contributed by atoms with E-state index in [9.17, 15) is 9.59 Å². The van der Waals surface area contributed by atoms with Crippen molar-refractivity contribution in [3.05, 3.63) is 0 Å². The van der Waals surface area contributed by atoms with Crippen molar-refractivity contribution in [3.63, 3.8) is 0 Å². The van der Waals surface area contributed by atoms with Crippen molar-refractivity contribution >= 4 is 11.9 Å². The number of terminal acetylenes is 1. The van der Waals surface area contributed by atoms with Crippen LogP contribution in [0.4, 0.5) is 0 Å². The molecule has 2 N–H and O–H groups in total. The zero-order chi connectivity index (χ0) is 8.85. The summed E-state index contributed by atoms with van der Waals surface area (Å²) in [7, 11) is 0. The lowest BCUT2D eigenvalue weighted by Crippen LogP contribution is -2.39. The monoisotopic (exact) mass is 155 g/mol. The first-order chi connectivity index (χ1) is 5.07. The molecule has 0 aromatic carbocycles. The van der Waals surface area contributed by atoms with Gasteiger partial charge in [0.1, 0.15) is 6.04 Å². The van der Waals surface area contributed by atoms with Gasteiger partial charge in [-0.2, -0.15) is 0 Å². The van der Waals surface area contributed by atoms with Gasteiger partial charge in [-0.1, -0.05) is 0 Å². The molecule has 0 fully saturated rings. The van der Waals surface area contributed by atoms with Crippen LogP contribution in [0.2, 0.25) is 0 Å². The van der Waals surface area contributed by atoms with E-state index in [1.165, 1.54) is 6.92 Å². The Morgan fingerprint density at radius 3 is 2.55 bits per heavy atom. The highest BCUT2D eigenvalue weighted by Crippen LogP contribution is 1.89. The molecule has 0 aromatic rings. The second kappa shape index (κ2) is 4.34. The van der Waals surface area contributed by atoms with Crippen LogP contribution in [-0.2, 0) is 9.59 Å². The van der Waals surface area contributed by atoms with E-state index in [1.807, 2.05) is 0 Å². The summed E-state index contributed by atoms with van der Waals surface area (Å²) in [6.45, 7) is 1.24. The van der Waals surface area contributed by atoms with Gasteiger partial charge in [0.2, 0.25) is 5.91 Å². The van der Waals surface area contributed by atoms with Gasteiger partial charge in [-0.05, 0) is 0 Å². The van der Waals surface area contributed by atoms with E-state index < -0.39 is 17.9 Å². The van der Waals surface area contributed by atoms with Crippen LogP contribution >= 0.6 is 0 Å². The number of carboxylic acids is 1. The molecular formula is C7H9NO3. The summed E-state index contributed by atoms with van der Waals surface area (Å²) in [6.07, 6.45) is 4.89. The molecule has 1 atom stereocenters. The first-order valence-electron chi connectivity index (χ1n) is 3.01.